The zero-order valence-corrected chi connectivity index (χ0v) is 22.3. The fraction of sp³-hybridized carbons (Fsp3) is 0.565. The third-order valence-corrected chi connectivity index (χ3v) is 8.56. The fourth-order valence-electron chi connectivity index (χ4n) is 4.41. The number of pyridine rings is 1. The molecule has 3 heterocycles. The smallest absolute Gasteiger partial charge is 0.228 e. The Kier molecular flexibility index (Phi) is 9.00. The molecule has 0 radical (unpaired) electrons. The van der Waals surface area contributed by atoms with Gasteiger partial charge in [-0.2, -0.15) is 0 Å². The standard InChI is InChI=1S/C23H30Cl2N6O4S/c1-2-36(33,34)31-16-4-3-15(9-16)23(32)30-19-10-17(18(24)12-27-19)21-22(25)28-13-20(29-21)26-11-14-5-7-35-8-6-14/h10,12-16,31H,2-9,11H2,1H3,(H,26,29)(H,27,30,32). The minimum Gasteiger partial charge on any atom is -0.381 e. The molecule has 1 aliphatic carbocycles. The van der Waals surface area contributed by atoms with Crippen molar-refractivity contribution in [3.05, 3.63) is 28.6 Å². The number of rotatable bonds is 9. The molecule has 36 heavy (non-hydrogen) atoms. The van der Waals surface area contributed by atoms with Crippen molar-refractivity contribution in [1.82, 2.24) is 19.7 Å². The average Bonchev–Trinajstić information content (AvgIpc) is 3.33. The van der Waals surface area contributed by atoms with Crippen LogP contribution in [0.25, 0.3) is 11.3 Å². The van der Waals surface area contributed by atoms with Crippen LogP contribution in [0.4, 0.5) is 11.6 Å². The van der Waals surface area contributed by atoms with Crippen molar-refractivity contribution in [3.8, 4) is 11.3 Å². The molecule has 2 unspecified atom stereocenters. The first-order chi connectivity index (χ1) is 17.2. The van der Waals surface area contributed by atoms with Crippen LogP contribution in [0.15, 0.2) is 18.5 Å². The first kappa shape index (κ1) is 27.0. The summed E-state index contributed by atoms with van der Waals surface area (Å²) < 4.78 is 31.7. The zero-order valence-electron chi connectivity index (χ0n) is 20.0. The molecule has 0 bridgehead atoms. The fourth-order valence-corrected chi connectivity index (χ4v) is 5.69. The maximum Gasteiger partial charge on any atom is 0.228 e. The van der Waals surface area contributed by atoms with Crippen LogP contribution in [-0.2, 0) is 19.6 Å². The van der Waals surface area contributed by atoms with Crippen LogP contribution in [0, 0.1) is 11.8 Å². The maximum absolute atomic E-state index is 12.9. The van der Waals surface area contributed by atoms with E-state index in [2.05, 4.69) is 30.3 Å². The van der Waals surface area contributed by atoms with E-state index in [0.29, 0.717) is 53.1 Å². The highest BCUT2D eigenvalue weighted by molar-refractivity contribution is 7.89. The van der Waals surface area contributed by atoms with E-state index in [-0.39, 0.29) is 28.8 Å². The molecule has 2 aromatic heterocycles. The summed E-state index contributed by atoms with van der Waals surface area (Å²) in [6.45, 7) is 3.86. The summed E-state index contributed by atoms with van der Waals surface area (Å²) in [6.07, 6.45) is 6.62. The Bertz CT molecular complexity index is 1190. The Morgan fingerprint density at radius 1 is 1.11 bits per heavy atom. The van der Waals surface area contributed by atoms with Crippen molar-refractivity contribution in [2.75, 3.05) is 36.1 Å². The molecule has 4 rings (SSSR count). The van der Waals surface area contributed by atoms with Gasteiger partial charge in [0.05, 0.1) is 17.0 Å². The number of anilines is 2. The molecule has 2 fully saturated rings. The van der Waals surface area contributed by atoms with Gasteiger partial charge in [0.1, 0.15) is 17.3 Å². The molecule has 1 amide bonds. The van der Waals surface area contributed by atoms with Crippen molar-refractivity contribution in [2.24, 2.45) is 11.8 Å². The van der Waals surface area contributed by atoms with Crippen LogP contribution >= 0.6 is 23.2 Å². The quantitative estimate of drug-likeness (QED) is 0.425. The van der Waals surface area contributed by atoms with Gasteiger partial charge in [0, 0.05) is 43.5 Å². The highest BCUT2D eigenvalue weighted by atomic mass is 35.5. The van der Waals surface area contributed by atoms with Gasteiger partial charge < -0.3 is 15.4 Å². The third-order valence-electron chi connectivity index (χ3n) is 6.53. The molecule has 196 valence electrons. The number of sulfonamides is 1. The number of carbonyl (C=O) groups is 1. The predicted octanol–water partition coefficient (Wildman–Crippen LogP) is 3.73. The molecule has 0 aromatic carbocycles. The summed E-state index contributed by atoms with van der Waals surface area (Å²) in [7, 11) is -3.32. The van der Waals surface area contributed by atoms with Crippen LogP contribution < -0.4 is 15.4 Å². The molecule has 10 nitrogen and oxygen atoms in total. The van der Waals surface area contributed by atoms with Crippen LogP contribution in [0.2, 0.25) is 10.2 Å². The van der Waals surface area contributed by atoms with Gasteiger partial charge in [0.15, 0.2) is 5.15 Å². The second-order valence-electron chi connectivity index (χ2n) is 9.10. The normalized spacial score (nSPS) is 20.9. The van der Waals surface area contributed by atoms with Gasteiger partial charge in [0.25, 0.3) is 0 Å². The summed E-state index contributed by atoms with van der Waals surface area (Å²) >= 11 is 12.8. The number of nitrogens with one attached hydrogen (secondary N) is 3. The molecule has 1 saturated carbocycles. The Morgan fingerprint density at radius 2 is 1.89 bits per heavy atom. The monoisotopic (exact) mass is 556 g/mol. The summed E-state index contributed by atoms with van der Waals surface area (Å²) in [5.41, 5.74) is 0.876. The molecule has 2 atom stereocenters. The lowest BCUT2D eigenvalue weighted by atomic mass is 10.0. The van der Waals surface area contributed by atoms with Gasteiger partial charge in [0.2, 0.25) is 15.9 Å². The lowest BCUT2D eigenvalue weighted by molar-refractivity contribution is -0.119. The molecule has 3 N–H and O–H groups in total. The molecule has 1 aliphatic heterocycles. The number of nitrogens with zero attached hydrogens (tertiary/aromatic N) is 3. The second-order valence-corrected chi connectivity index (χ2v) is 11.9. The van der Waals surface area contributed by atoms with E-state index in [0.717, 1.165) is 32.6 Å². The van der Waals surface area contributed by atoms with Gasteiger partial charge >= 0.3 is 0 Å². The van der Waals surface area contributed by atoms with Crippen LogP contribution in [0.3, 0.4) is 0 Å². The van der Waals surface area contributed by atoms with E-state index in [1.165, 1.54) is 6.20 Å². The molecule has 2 aromatic rings. The number of halogens is 2. The Hall–Kier alpha value is -2.05. The van der Waals surface area contributed by atoms with Crippen molar-refractivity contribution < 1.29 is 17.9 Å². The number of hydrogen-bond acceptors (Lipinski definition) is 8. The maximum atomic E-state index is 12.9. The highest BCUT2D eigenvalue weighted by Crippen LogP contribution is 2.33. The minimum atomic E-state index is -3.32. The highest BCUT2D eigenvalue weighted by Gasteiger charge is 2.32. The van der Waals surface area contributed by atoms with Crippen molar-refractivity contribution in [1.29, 1.82) is 0 Å². The van der Waals surface area contributed by atoms with E-state index >= 15 is 0 Å². The first-order valence-electron chi connectivity index (χ1n) is 12.0. The molecule has 2 aliphatic rings. The Morgan fingerprint density at radius 3 is 2.64 bits per heavy atom. The van der Waals surface area contributed by atoms with E-state index in [1.54, 1.807) is 19.2 Å². The van der Waals surface area contributed by atoms with E-state index in [1.807, 2.05) is 0 Å². The van der Waals surface area contributed by atoms with Crippen molar-refractivity contribution in [3.63, 3.8) is 0 Å². The molecular formula is C23H30Cl2N6O4S. The summed E-state index contributed by atoms with van der Waals surface area (Å²) in [5.74, 6) is 0.838. The lowest BCUT2D eigenvalue weighted by Crippen LogP contribution is -2.34. The Balaban J connectivity index is 1.43. The van der Waals surface area contributed by atoms with Crippen LogP contribution in [-0.4, -0.2) is 60.8 Å². The van der Waals surface area contributed by atoms with Gasteiger partial charge in [-0.3, -0.25) is 4.79 Å². The van der Waals surface area contributed by atoms with Crippen molar-refractivity contribution >= 4 is 50.8 Å². The molecule has 13 heteroatoms. The van der Waals surface area contributed by atoms with E-state index < -0.39 is 10.0 Å². The number of amides is 1. The number of aromatic nitrogens is 3. The second kappa shape index (κ2) is 12.0. The van der Waals surface area contributed by atoms with Crippen LogP contribution in [0.5, 0.6) is 0 Å². The lowest BCUT2D eigenvalue weighted by Gasteiger charge is -2.22. The number of carbonyl (C=O) groups excluding carboxylic acids is 1. The third kappa shape index (κ3) is 7.04. The predicted molar refractivity (Wildman–Crippen MR) is 140 cm³/mol. The summed E-state index contributed by atoms with van der Waals surface area (Å²) in [6, 6.07) is 1.37. The topological polar surface area (TPSA) is 135 Å². The molecular weight excluding hydrogens is 527 g/mol. The van der Waals surface area contributed by atoms with E-state index in [9.17, 15) is 13.2 Å². The average molecular weight is 558 g/mol. The summed E-state index contributed by atoms with van der Waals surface area (Å²) in [4.78, 5) is 25.9. The van der Waals surface area contributed by atoms with Crippen molar-refractivity contribution in [2.45, 2.75) is 45.1 Å². The zero-order chi connectivity index (χ0) is 25.7. The number of hydrogen-bond donors (Lipinski definition) is 3. The van der Waals surface area contributed by atoms with Gasteiger partial charge in [-0.1, -0.05) is 23.2 Å². The van der Waals surface area contributed by atoms with Gasteiger partial charge in [-0.25, -0.2) is 28.1 Å². The minimum absolute atomic E-state index is 0.00947. The summed E-state index contributed by atoms with van der Waals surface area (Å²) in [5, 5.41) is 6.63. The van der Waals surface area contributed by atoms with E-state index in [4.69, 9.17) is 27.9 Å². The van der Waals surface area contributed by atoms with Gasteiger partial charge in [-0.15, -0.1) is 0 Å². The van der Waals surface area contributed by atoms with Gasteiger partial charge in [-0.05, 0) is 51.0 Å². The first-order valence-corrected chi connectivity index (χ1v) is 14.5. The Labute approximate surface area is 221 Å². The molecule has 0 spiro atoms. The largest absolute Gasteiger partial charge is 0.381 e. The molecule has 1 saturated heterocycles. The SMILES string of the molecule is CCS(=O)(=O)NC1CCC(C(=O)Nc2cc(-c3nc(NCC4CCOCC4)cnc3Cl)c(Cl)cn2)C1. The van der Waals surface area contributed by atoms with Crippen LogP contribution in [0.1, 0.15) is 39.0 Å². The number of ether oxygens (including phenoxy) is 1.